The number of piperazine rings is 1. The minimum atomic E-state index is -4.93. The van der Waals surface area contributed by atoms with Crippen LogP contribution in [0.3, 0.4) is 0 Å². The summed E-state index contributed by atoms with van der Waals surface area (Å²) in [6, 6.07) is 18.4. The number of halogens is 5. The molecule has 9 nitrogen and oxygen atoms in total. The van der Waals surface area contributed by atoms with E-state index in [2.05, 4.69) is 31.0 Å². The second-order valence-corrected chi connectivity index (χ2v) is 13.9. The SMILES string of the molecule is O=C(Nc1cccc(OC(F)(F)F)c1)[C@H](Cc1ccc(Cl)cc1)Nc1cncc(F)c1CC[C@]1(S(=O)(=O)c2ccccc2)CNCCN1. The number of rotatable bonds is 12. The quantitative estimate of drug-likeness (QED) is 0.138. The molecule has 1 aliphatic heterocycles. The average Bonchev–Trinajstić information content (AvgIpc) is 3.05. The van der Waals surface area contributed by atoms with Crippen molar-refractivity contribution in [2.24, 2.45) is 0 Å². The molecule has 15 heteroatoms. The summed E-state index contributed by atoms with van der Waals surface area (Å²) < 4.78 is 85.7. The number of benzene rings is 3. The molecule has 0 unspecified atom stereocenters. The van der Waals surface area contributed by atoms with Gasteiger partial charge in [0.25, 0.3) is 0 Å². The molecule has 0 aliphatic carbocycles. The molecule has 48 heavy (non-hydrogen) atoms. The molecule has 2 heterocycles. The van der Waals surface area contributed by atoms with E-state index in [4.69, 9.17) is 11.6 Å². The Morgan fingerprint density at radius 3 is 2.46 bits per heavy atom. The van der Waals surface area contributed by atoms with Gasteiger partial charge in [0.1, 0.15) is 22.5 Å². The van der Waals surface area contributed by atoms with Crippen molar-refractivity contribution in [2.45, 2.75) is 41.4 Å². The fourth-order valence-corrected chi connectivity index (χ4v) is 7.53. The highest BCUT2D eigenvalue weighted by atomic mass is 35.5. The van der Waals surface area contributed by atoms with Gasteiger partial charge in [-0.05, 0) is 54.8 Å². The lowest BCUT2D eigenvalue weighted by Gasteiger charge is -2.38. The standard InChI is InChI=1S/C33H32ClF4N5O4S/c34-23-11-9-22(10-12-23)17-29(31(44)42-24-5-4-6-25(18-24)47-33(36,37)38)43-30-20-40-19-28(35)27(30)13-14-32(21-39-15-16-41-32)48(45,46)26-7-2-1-3-8-26/h1-12,18-20,29,39,41,43H,13-17,21H2,(H,42,44)/t29-,32-/m0/s1. The predicted molar refractivity (Wildman–Crippen MR) is 174 cm³/mol. The van der Waals surface area contributed by atoms with Crippen molar-refractivity contribution in [1.82, 2.24) is 15.6 Å². The Hall–Kier alpha value is -4.24. The van der Waals surface area contributed by atoms with E-state index in [0.29, 0.717) is 23.7 Å². The molecule has 2 atom stereocenters. The number of alkyl halides is 3. The van der Waals surface area contributed by atoms with Gasteiger partial charge in [-0.2, -0.15) is 0 Å². The number of pyridine rings is 1. The Kier molecular flexibility index (Phi) is 10.9. The van der Waals surface area contributed by atoms with E-state index in [9.17, 15) is 26.4 Å². The van der Waals surface area contributed by atoms with Crippen LogP contribution in [0.15, 0.2) is 96.2 Å². The first-order valence-electron chi connectivity index (χ1n) is 14.9. The molecule has 0 radical (unpaired) electrons. The molecular formula is C33H32ClF4N5O4S. The Morgan fingerprint density at radius 2 is 1.77 bits per heavy atom. The number of nitrogens with zero attached hydrogens (tertiary/aromatic N) is 1. The van der Waals surface area contributed by atoms with Crippen LogP contribution in [0.25, 0.3) is 0 Å². The minimum Gasteiger partial charge on any atom is -0.406 e. The molecule has 3 aromatic carbocycles. The van der Waals surface area contributed by atoms with Gasteiger partial charge in [0.05, 0.1) is 23.0 Å². The van der Waals surface area contributed by atoms with E-state index in [0.717, 1.165) is 18.3 Å². The van der Waals surface area contributed by atoms with Crippen LogP contribution in [-0.4, -0.2) is 56.2 Å². The molecule has 254 valence electrons. The van der Waals surface area contributed by atoms with E-state index in [-0.39, 0.29) is 47.6 Å². The van der Waals surface area contributed by atoms with Gasteiger partial charge in [0.2, 0.25) is 5.91 Å². The van der Waals surface area contributed by atoms with E-state index in [1.54, 1.807) is 42.5 Å². The van der Waals surface area contributed by atoms with Crippen molar-refractivity contribution in [3.05, 3.63) is 113 Å². The number of carbonyl (C=O) groups is 1. The van der Waals surface area contributed by atoms with Gasteiger partial charge in [0.15, 0.2) is 9.84 Å². The first-order chi connectivity index (χ1) is 22.8. The zero-order chi connectivity index (χ0) is 34.4. The summed E-state index contributed by atoms with van der Waals surface area (Å²) in [5.74, 6) is -1.88. The second-order valence-electron chi connectivity index (χ2n) is 11.2. The molecule has 0 bridgehead atoms. The number of hydrogen-bond donors (Lipinski definition) is 4. The summed E-state index contributed by atoms with van der Waals surface area (Å²) in [6.45, 7) is 1.00. The molecule has 1 fully saturated rings. The van der Waals surface area contributed by atoms with Gasteiger partial charge in [0, 0.05) is 48.4 Å². The average molecular weight is 706 g/mol. The number of carbonyl (C=O) groups excluding carboxylic acids is 1. The van der Waals surface area contributed by atoms with E-state index in [1.165, 1.54) is 30.5 Å². The fourth-order valence-electron chi connectivity index (χ4n) is 5.48. The Labute approximate surface area is 280 Å². The molecule has 4 aromatic rings. The molecule has 4 N–H and O–H groups in total. The van der Waals surface area contributed by atoms with Gasteiger partial charge >= 0.3 is 6.36 Å². The molecule has 0 spiro atoms. The van der Waals surface area contributed by atoms with Crippen LogP contribution in [0.4, 0.5) is 28.9 Å². The highest BCUT2D eigenvalue weighted by Crippen LogP contribution is 2.32. The van der Waals surface area contributed by atoms with Gasteiger partial charge in [-0.1, -0.05) is 48.0 Å². The summed E-state index contributed by atoms with van der Waals surface area (Å²) in [6.07, 6.45) is -2.59. The Balaban J connectivity index is 1.43. The number of aromatic nitrogens is 1. The highest BCUT2D eigenvalue weighted by Gasteiger charge is 2.45. The van der Waals surface area contributed by atoms with Crippen LogP contribution in [0.5, 0.6) is 5.75 Å². The second kappa shape index (κ2) is 14.9. The summed E-state index contributed by atoms with van der Waals surface area (Å²) in [5, 5.41) is 12.4. The zero-order valence-electron chi connectivity index (χ0n) is 25.4. The Morgan fingerprint density at radius 1 is 1.02 bits per heavy atom. The lowest BCUT2D eigenvalue weighted by Crippen LogP contribution is -2.63. The van der Waals surface area contributed by atoms with Crippen LogP contribution in [0, 0.1) is 5.82 Å². The van der Waals surface area contributed by atoms with Crippen LogP contribution in [0.1, 0.15) is 17.5 Å². The number of nitrogens with one attached hydrogen (secondary N) is 4. The Bertz CT molecular complexity index is 1820. The van der Waals surface area contributed by atoms with Crippen molar-refractivity contribution < 1.29 is 35.5 Å². The van der Waals surface area contributed by atoms with Crippen LogP contribution < -0.4 is 26.0 Å². The topological polar surface area (TPSA) is 121 Å². The maximum absolute atomic E-state index is 15.5. The van der Waals surface area contributed by atoms with Crippen molar-refractivity contribution in [3.8, 4) is 5.75 Å². The van der Waals surface area contributed by atoms with Crippen LogP contribution >= 0.6 is 11.6 Å². The minimum absolute atomic E-state index is 0.0209. The molecule has 5 rings (SSSR count). The van der Waals surface area contributed by atoms with E-state index >= 15 is 4.39 Å². The van der Waals surface area contributed by atoms with Crippen molar-refractivity contribution in [2.75, 3.05) is 30.3 Å². The number of hydrogen-bond acceptors (Lipinski definition) is 8. The van der Waals surface area contributed by atoms with Gasteiger partial charge in [-0.15, -0.1) is 13.2 Å². The lowest BCUT2D eigenvalue weighted by atomic mass is 10.0. The largest absolute Gasteiger partial charge is 0.573 e. The predicted octanol–water partition coefficient (Wildman–Crippen LogP) is 5.73. The number of amides is 1. The molecular weight excluding hydrogens is 674 g/mol. The number of ether oxygens (including phenoxy) is 1. The molecule has 1 aliphatic rings. The molecule has 0 saturated carbocycles. The zero-order valence-corrected chi connectivity index (χ0v) is 26.9. The van der Waals surface area contributed by atoms with Crippen LogP contribution in [0.2, 0.25) is 5.02 Å². The van der Waals surface area contributed by atoms with Crippen molar-refractivity contribution in [1.29, 1.82) is 0 Å². The molecule has 1 aromatic heterocycles. The summed E-state index contributed by atoms with van der Waals surface area (Å²) in [4.78, 5) is 16.3. The lowest BCUT2D eigenvalue weighted by molar-refractivity contribution is -0.274. The monoisotopic (exact) mass is 705 g/mol. The van der Waals surface area contributed by atoms with E-state index in [1.807, 2.05) is 0 Å². The fraction of sp³-hybridized carbons (Fsp3) is 0.273. The summed E-state index contributed by atoms with van der Waals surface area (Å²) >= 11 is 6.04. The highest BCUT2D eigenvalue weighted by molar-refractivity contribution is 7.92. The van der Waals surface area contributed by atoms with Crippen LogP contribution in [-0.2, 0) is 27.5 Å². The normalized spacial score (nSPS) is 17.4. The van der Waals surface area contributed by atoms with Crippen molar-refractivity contribution in [3.63, 3.8) is 0 Å². The van der Waals surface area contributed by atoms with Gasteiger partial charge < -0.3 is 20.7 Å². The number of sulfone groups is 1. The number of anilines is 2. The third-order valence-corrected chi connectivity index (χ3v) is 10.5. The first kappa shape index (κ1) is 35.1. The summed E-state index contributed by atoms with van der Waals surface area (Å²) in [7, 11) is -3.94. The summed E-state index contributed by atoms with van der Waals surface area (Å²) in [5.41, 5.74) is 0.965. The molecule has 1 amide bonds. The van der Waals surface area contributed by atoms with Crippen molar-refractivity contribution >= 4 is 38.7 Å². The van der Waals surface area contributed by atoms with E-state index < -0.39 is 44.6 Å². The molecule has 1 saturated heterocycles. The maximum atomic E-state index is 15.5. The van der Waals surface area contributed by atoms with Gasteiger partial charge in [-0.25, -0.2) is 12.8 Å². The maximum Gasteiger partial charge on any atom is 0.573 e. The van der Waals surface area contributed by atoms with Gasteiger partial charge in [-0.3, -0.25) is 15.1 Å². The third-order valence-electron chi connectivity index (χ3n) is 7.85. The first-order valence-corrected chi connectivity index (χ1v) is 16.8. The smallest absolute Gasteiger partial charge is 0.406 e. The third kappa shape index (κ3) is 8.61.